The Bertz CT molecular complexity index is 388. The number of hydrogen-bond donors (Lipinski definition) is 1. The maximum atomic E-state index is 12.1. The first-order valence-electron chi connectivity index (χ1n) is 5.36. The van der Waals surface area contributed by atoms with Crippen LogP contribution in [0.5, 0.6) is 0 Å². The lowest BCUT2D eigenvalue weighted by Gasteiger charge is -2.26. The van der Waals surface area contributed by atoms with Crippen molar-refractivity contribution in [3.8, 4) is 0 Å². The zero-order valence-corrected chi connectivity index (χ0v) is 9.57. The summed E-state index contributed by atoms with van der Waals surface area (Å²) in [4.78, 5) is 27.1. The Kier molecular flexibility index (Phi) is 3.33. The summed E-state index contributed by atoms with van der Waals surface area (Å²) in [6.07, 6.45) is 4.70. The first kappa shape index (κ1) is 11.3. The molecule has 2 atom stereocenters. The molecule has 0 bridgehead atoms. The molecule has 0 amide bonds. The van der Waals surface area contributed by atoms with Gasteiger partial charge in [-0.05, 0) is 12.8 Å². The van der Waals surface area contributed by atoms with Crippen LogP contribution in [0.15, 0.2) is 11.6 Å². The standard InChI is InChI=1S/C11H13NO3S/c13-9(10-12-5-6-16-10)7-3-1-2-4-8(7)11(14)15/h5-8H,1-4H2,(H,14,15). The van der Waals surface area contributed by atoms with Crippen LogP contribution < -0.4 is 0 Å². The molecule has 1 saturated carbocycles. The molecule has 1 aromatic rings. The van der Waals surface area contributed by atoms with Crippen molar-refractivity contribution < 1.29 is 14.7 Å². The average Bonchev–Trinajstić information content (AvgIpc) is 2.81. The van der Waals surface area contributed by atoms with Crippen LogP contribution in [0.25, 0.3) is 0 Å². The smallest absolute Gasteiger partial charge is 0.307 e. The van der Waals surface area contributed by atoms with Gasteiger partial charge in [0, 0.05) is 17.5 Å². The molecule has 1 fully saturated rings. The highest BCUT2D eigenvalue weighted by Crippen LogP contribution is 2.33. The Labute approximate surface area is 97.3 Å². The zero-order chi connectivity index (χ0) is 11.5. The van der Waals surface area contributed by atoms with E-state index in [0.29, 0.717) is 17.8 Å². The van der Waals surface area contributed by atoms with Crippen molar-refractivity contribution >= 4 is 23.1 Å². The van der Waals surface area contributed by atoms with Crippen molar-refractivity contribution in [2.45, 2.75) is 25.7 Å². The highest BCUT2D eigenvalue weighted by molar-refractivity contribution is 7.11. The minimum atomic E-state index is -0.852. The van der Waals surface area contributed by atoms with Crippen LogP contribution in [-0.4, -0.2) is 21.8 Å². The second-order valence-electron chi connectivity index (χ2n) is 4.04. The molecule has 0 radical (unpaired) electrons. The lowest BCUT2D eigenvalue weighted by molar-refractivity contribution is -0.144. The molecule has 1 heterocycles. The van der Waals surface area contributed by atoms with E-state index in [1.807, 2.05) is 0 Å². The molecule has 1 aliphatic carbocycles. The van der Waals surface area contributed by atoms with Crippen LogP contribution in [-0.2, 0) is 4.79 Å². The summed E-state index contributed by atoms with van der Waals surface area (Å²) in [5.74, 6) is -1.85. The number of rotatable bonds is 3. The number of carbonyl (C=O) groups is 2. The fraction of sp³-hybridized carbons (Fsp3) is 0.545. The van der Waals surface area contributed by atoms with Gasteiger partial charge in [-0.15, -0.1) is 11.3 Å². The van der Waals surface area contributed by atoms with Crippen molar-refractivity contribution in [3.63, 3.8) is 0 Å². The van der Waals surface area contributed by atoms with Crippen molar-refractivity contribution in [3.05, 3.63) is 16.6 Å². The molecule has 1 aromatic heterocycles. The second kappa shape index (κ2) is 4.74. The SMILES string of the molecule is O=C(O)C1CCCCC1C(=O)c1nccs1. The first-order chi connectivity index (χ1) is 7.70. The number of hydrogen-bond acceptors (Lipinski definition) is 4. The van der Waals surface area contributed by atoms with Gasteiger partial charge in [0.25, 0.3) is 0 Å². The highest BCUT2D eigenvalue weighted by atomic mass is 32.1. The lowest BCUT2D eigenvalue weighted by atomic mass is 9.77. The van der Waals surface area contributed by atoms with Crippen molar-refractivity contribution in [1.29, 1.82) is 0 Å². The van der Waals surface area contributed by atoms with Crippen molar-refractivity contribution in [2.24, 2.45) is 11.8 Å². The number of aliphatic carboxylic acids is 1. The number of thiazole rings is 1. The fourth-order valence-corrected chi connectivity index (χ4v) is 2.88. The van der Waals surface area contributed by atoms with E-state index in [2.05, 4.69) is 4.98 Å². The van der Waals surface area contributed by atoms with Crippen molar-refractivity contribution in [1.82, 2.24) is 4.98 Å². The molecule has 0 aliphatic heterocycles. The van der Waals surface area contributed by atoms with Gasteiger partial charge in [-0.3, -0.25) is 9.59 Å². The number of carboxylic acids is 1. The predicted octanol–water partition coefficient (Wildman–Crippen LogP) is 2.22. The number of carboxylic acid groups (broad SMARTS) is 1. The Morgan fingerprint density at radius 1 is 1.31 bits per heavy atom. The molecular formula is C11H13NO3S. The van der Waals surface area contributed by atoms with E-state index in [0.717, 1.165) is 12.8 Å². The maximum Gasteiger partial charge on any atom is 0.307 e. The second-order valence-corrected chi connectivity index (χ2v) is 4.93. The molecule has 2 rings (SSSR count). The zero-order valence-electron chi connectivity index (χ0n) is 8.76. The van der Waals surface area contributed by atoms with Gasteiger partial charge in [-0.25, -0.2) is 4.98 Å². The van der Waals surface area contributed by atoms with E-state index in [4.69, 9.17) is 5.11 Å². The molecule has 86 valence electrons. The molecular weight excluding hydrogens is 226 g/mol. The Morgan fingerprint density at radius 3 is 2.56 bits per heavy atom. The quantitative estimate of drug-likeness (QED) is 0.821. The monoisotopic (exact) mass is 239 g/mol. The van der Waals surface area contributed by atoms with E-state index >= 15 is 0 Å². The number of ketones is 1. The van der Waals surface area contributed by atoms with E-state index in [1.165, 1.54) is 11.3 Å². The molecule has 0 saturated heterocycles. The van der Waals surface area contributed by atoms with Crippen molar-refractivity contribution in [2.75, 3.05) is 0 Å². The van der Waals surface area contributed by atoms with Gasteiger partial charge in [0.2, 0.25) is 0 Å². The third-order valence-electron chi connectivity index (χ3n) is 3.06. The summed E-state index contributed by atoms with van der Waals surface area (Å²) in [5, 5.41) is 11.3. The van der Waals surface area contributed by atoms with Gasteiger partial charge in [0.15, 0.2) is 10.8 Å². The van der Waals surface area contributed by atoms with E-state index in [9.17, 15) is 9.59 Å². The highest BCUT2D eigenvalue weighted by Gasteiger charge is 2.36. The largest absolute Gasteiger partial charge is 0.481 e. The lowest BCUT2D eigenvalue weighted by Crippen LogP contribution is -2.32. The van der Waals surface area contributed by atoms with Gasteiger partial charge in [-0.1, -0.05) is 12.8 Å². The minimum absolute atomic E-state index is 0.0953. The van der Waals surface area contributed by atoms with Gasteiger partial charge < -0.3 is 5.11 Å². The van der Waals surface area contributed by atoms with Crippen LogP contribution in [0.4, 0.5) is 0 Å². The number of carbonyl (C=O) groups excluding carboxylic acids is 1. The van der Waals surface area contributed by atoms with Crippen LogP contribution in [0.1, 0.15) is 35.5 Å². The Morgan fingerprint density at radius 2 is 2.00 bits per heavy atom. The summed E-state index contributed by atoms with van der Waals surface area (Å²) >= 11 is 1.28. The van der Waals surface area contributed by atoms with Gasteiger partial charge in [-0.2, -0.15) is 0 Å². The molecule has 2 unspecified atom stereocenters. The third-order valence-corrected chi connectivity index (χ3v) is 3.85. The Hall–Kier alpha value is -1.23. The van der Waals surface area contributed by atoms with Crippen LogP contribution in [0, 0.1) is 11.8 Å². The van der Waals surface area contributed by atoms with Crippen LogP contribution in [0.2, 0.25) is 0 Å². The fourth-order valence-electron chi connectivity index (χ4n) is 2.24. The molecule has 0 spiro atoms. The summed E-state index contributed by atoms with van der Waals surface area (Å²) in [7, 11) is 0. The van der Waals surface area contributed by atoms with Crippen LogP contribution in [0.3, 0.4) is 0 Å². The van der Waals surface area contributed by atoms with Gasteiger partial charge in [0.1, 0.15) is 0 Å². The summed E-state index contributed by atoms with van der Waals surface area (Å²) < 4.78 is 0. The average molecular weight is 239 g/mol. The summed E-state index contributed by atoms with van der Waals surface area (Å²) in [6.45, 7) is 0. The van der Waals surface area contributed by atoms with Gasteiger partial charge in [0.05, 0.1) is 5.92 Å². The van der Waals surface area contributed by atoms with Crippen LogP contribution >= 0.6 is 11.3 Å². The third kappa shape index (κ3) is 2.14. The summed E-state index contributed by atoms with van der Waals surface area (Å²) in [5.41, 5.74) is 0. The van der Waals surface area contributed by atoms with E-state index < -0.39 is 11.9 Å². The van der Waals surface area contributed by atoms with E-state index in [-0.39, 0.29) is 11.7 Å². The molecule has 1 aliphatic rings. The molecule has 1 N–H and O–H groups in total. The van der Waals surface area contributed by atoms with Gasteiger partial charge >= 0.3 is 5.97 Å². The molecule has 0 aromatic carbocycles. The molecule has 16 heavy (non-hydrogen) atoms. The molecule has 4 nitrogen and oxygen atoms in total. The predicted molar refractivity (Wildman–Crippen MR) is 59.5 cm³/mol. The number of aromatic nitrogens is 1. The topological polar surface area (TPSA) is 67.3 Å². The number of nitrogens with zero attached hydrogens (tertiary/aromatic N) is 1. The number of Topliss-reactive ketones (excluding diaryl/α,β-unsaturated/α-hetero) is 1. The first-order valence-corrected chi connectivity index (χ1v) is 6.24. The maximum absolute atomic E-state index is 12.1. The molecule has 5 heteroatoms. The Balaban J connectivity index is 2.17. The van der Waals surface area contributed by atoms with E-state index in [1.54, 1.807) is 11.6 Å². The normalized spacial score (nSPS) is 25.2. The summed E-state index contributed by atoms with van der Waals surface area (Å²) in [6, 6.07) is 0. The minimum Gasteiger partial charge on any atom is -0.481 e.